The second kappa shape index (κ2) is 8.78. The SMILES string of the molecule is Cc1ccc(CNC(=O)N2C3CCC(C3)C2C(=O)[O-])c(N2CCCC2)n1.[K+]. The molecule has 1 aliphatic carbocycles. The fourth-order valence-corrected chi connectivity index (χ4v) is 4.76. The maximum atomic E-state index is 12.7. The number of carbonyl (C=O) groups excluding carboxylic acids is 2. The van der Waals surface area contributed by atoms with E-state index in [0.29, 0.717) is 6.54 Å². The molecule has 3 atom stereocenters. The first-order valence-electron chi connectivity index (χ1n) is 9.53. The number of hydrogen-bond donors (Lipinski definition) is 1. The van der Waals surface area contributed by atoms with Crippen molar-refractivity contribution >= 4 is 17.8 Å². The maximum absolute atomic E-state index is 12.7. The molecule has 2 amide bonds. The summed E-state index contributed by atoms with van der Waals surface area (Å²) in [6, 6.07) is 2.88. The molecule has 2 aliphatic heterocycles. The molecule has 8 heteroatoms. The van der Waals surface area contributed by atoms with Crippen LogP contribution in [0.25, 0.3) is 0 Å². The Bertz CT molecular complexity index is 723. The van der Waals surface area contributed by atoms with Crippen LogP contribution < -0.4 is 66.7 Å². The van der Waals surface area contributed by atoms with Crippen LogP contribution in [0.3, 0.4) is 0 Å². The number of nitrogens with one attached hydrogen (secondary N) is 1. The summed E-state index contributed by atoms with van der Waals surface area (Å²) in [5.41, 5.74) is 1.93. The minimum absolute atomic E-state index is 0. The van der Waals surface area contributed by atoms with Crippen LogP contribution in [0.5, 0.6) is 0 Å². The zero-order valence-electron chi connectivity index (χ0n) is 16.1. The van der Waals surface area contributed by atoms with Gasteiger partial charge in [0.25, 0.3) is 0 Å². The van der Waals surface area contributed by atoms with Crippen molar-refractivity contribution in [1.82, 2.24) is 15.2 Å². The predicted molar refractivity (Wildman–Crippen MR) is 94.4 cm³/mol. The zero-order valence-corrected chi connectivity index (χ0v) is 19.2. The van der Waals surface area contributed by atoms with Crippen LogP contribution in [0.2, 0.25) is 0 Å². The van der Waals surface area contributed by atoms with E-state index < -0.39 is 12.0 Å². The molecule has 140 valence electrons. The summed E-state index contributed by atoms with van der Waals surface area (Å²) in [7, 11) is 0. The molecule has 2 bridgehead atoms. The first-order chi connectivity index (χ1) is 12.5. The van der Waals surface area contributed by atoms with Gasteiger partial charge in [-0.2, -0.15) is 0 Å². The van der Waals surface area contributed by atoms with Gasteiger partial charge in [-0.1, -0.05) is 6.07 Å². The summed E-state index contributed by atoms with van der Waals surface area (Å²) in [6.45, 7) is 4.29. The van der Waals surface area contributed by atoms with Crippen molar-refractivity contribution in [1.29, 1.82) is 0 Å². The molecule has 1 aromatic rings. The molecule has 1 saturated carbocycles. The summed E-state index contributed by atoms with van der Waals surface area (Å²) in [4.78, 5) is 32.6. The number of likely N-dealkylation sites (tertiary alicyclic amines) is 1. The molecule has 2 saturated heterocycles. The smallest absolute Gasteiger partial charge is 0.548 e. The number of aryl methyl sites for hydroxylation is 1. The number of hydrogen-bond acceptors (Lipinski definition) is 5. The Kier molecular flexibility index (Phi) is 6.84. The number of aromatic nitrogens is 1. The molecule has 3 unspecified atom stereocenters. The molecule has 1 aromatic heterocycles. The van der Waals surface area contributed by atoms with E-state index >= 15 is 0 Å². The average Bonchev–Trinajstić information content (AvgIpc) is 3.36. The quantitative estimate of drug-likeness (QED) is 0.584. The van der Waals surface area contributed by atoms with E-state index in [2.05, 4.69) is 15.2 Å². The number of carbonyl (C=O) groups is 2. The van der Waals surface area contributed by atoms with Crippen LogP contribution in [0.4, 0.5) is 10.6 Å². The Labute approximate surface area is 202 Å². The predicted octanol–water partition coefficient (Wildman–Crippen LogP) is -2.19. The van der Waals surface area contributed by atoms with Crippen molar-refractivity contribution in [2.24, 2.45) is 5.92 Å². The Morgan fingerprint density at radius 1 is 1.26 bits per heavy atom. The third-order valence-corrected chi connectivity index (χ3v) is 5.99. The van der Waals surface area contributed by atoms with Crippen LogP contribution in [0.1, 0.15) is 43.4 Å². The van der Waals surface area contributed by atoms with Gasteiger partial charge in [-0.25, -0.2) is 9.78 Å². The van der Waals surface area contributed by atoms with Crippen molar-refractivity contribution in [2.45, 2.75) is 57.7 Å². The van der Waals surface area contributed by atoms with Gasteiger partial charge in [0, 0.05) is 36.9 Å². The normalized spacial score (nSPS) is 26.2. The molecule has 3 fully saturated rings. The molecule has 27 heavy (non-hydrogen) atoms. The number of carboxylic acids is 1. The average molecular weight is 397 g/mol. The van der Waals surface area contributed by atoms with Gasteiger partial charge in [-0.3, -0.25) is 0 Å². The van der Waals surface area contributed by atoms with E-state index in [1.165, 1.54) is 4.90 Å². The molecule has 0 spiro atoms. The molecule has 1 N–H and O–H groups in total. The summed E-state index contributed by atoms with van der Waals surface area (Å²) < 4.78 is 0. The number of nitrogens with zero attached hydrogens (tertiary/aromatic N) is 3. The third-order valence-electron chi connectivity index (χ3n) is 5.99. The number of carboxylic acid groups (broad SMARTS) is 1. The molecule has 3 aliphatic rings. The van der Waals surface area contributed by atoms with E-state index in [4.69, 9.17) is 0 Å². The van der Waals surface area contributed by atoms with E-state index in [9.17, 15) is 14.7 Å². The van der Waals surface area contributed by atoms with Gasteiger partial charge in [0.05, 0.1) is 12.0 Å². The second-order valence-corrected chi connectivity index (χ2v) is 7.69. The molecule has 0 radical (unpaired) electrons. The zero-order chi connectivity index (χ0) is 18.3. The number of pyridine rings is 1. The largest absolute Gasteiger partial charge is 1.00 e. The van der Waals surface area contributed by atoms with Gasteiger partial charge in [0.1, 0.15) is 5.82 Å². The summed E-state index contributed by atoms with van der Waals surface area (Å²) in [5, 5.41) is 14.4. The summed E-state index contributed by atoms with van der Waals surface area (Å²) >= 11 is 0. The van der Waals surface area contributed by atoms with E-state index in [1.807, 2.05) is 19.1 Å². The standard InChI is InChI=1S/C19H26N4O3.K/c1-12-4-5-14(17(21-12)22-8-2-3-9-22)11-20-19(26)23-15-7-6-13(10-15)16(23)18(24)25;/h4-5,13,15-16H,2-3,6-11H2,1H3,(H,20,26)(H,24,25);/q;+1/p-1. The van der Waals surface area contributed by atoms with Crippen molar-refractivity contribution in [3.05, 3.63) is 23.4 Å². The van der Waals surface area contributed by atoms with Gasteiger partial charge in [-0.15, -0.1) is 0 Å². The first kappa shape index (κ1) is 21.0. The Morgan fingerprint density at radius 3 is 2.70 bits per heavy atom. The first-order valence-corrected chi connectivity index (χ1v) is 9.53. The number of urea groups is 1. The van der Waals surface area contributed by atoms with Crippen LogP contribution in [-0.2, 0) is 11.3 Å². The van der Waals surface area contributed by atoms with Crippen molar-refractivity contribution < 1.29 is 66.1 Å². The Balaban J connectivity index is 0.00000210. The van der Waals surface area contributed by atoms with Crippen LogP contribution in [0, 0.1) is 12.8 Å². The van der Waals surface area contributed by atoms with E-state index in [1.54, 1.807) is 0 Å². The minimum atomic E-state index is -1.14. The number of rotatable bonds is 4. The van der Waals surface area contributed by atoms with Crippen molar-refractivity contribution in [2.75, 3.05) is 18.0 Å². The van der Waals surface area contributed by atoms with Crippen LogP contribution >= 0.6 is 0 Å². The van der Waals surface area contributed by atoms with Crippen molar-refractivity contribution in [3.8, 4) is 0 Å². The van der Waals surface area contributed by atoms with Gasteiger partial charge in [0.2, 0.25) is 0 Å². The Morgan fingerprint density at radius 2 is 2.00 bits per heavy atom. The fraction of sp³-hybridized carbons (Fsp3) is 0.632. The molecule has 7 nitrogen and oxygen atoms in total. The van der Waals surface area contributed by atoms with Crippen molar-refractivity contribution in [3.63, 3.8) is 0 Å². The molecular weight excluding hydrogens is 371 g/mol. The molecule has 0 aromatic carbocycles. The second-order valence-electron chi connectivity index (χ2n) is 7.69. The van der Waals surface area contributed by atoms with Crippen LogP contribution in [-0.4, -0.2) is 47.1 Å². The van der Waals surface area contributed by atoms with E-state index in [-0.39, 0.29) is 69.4 Å². The Hall–Kier alpha value is -0.674. The fourth-order valence-electron chi connectivity index (χ4n) is 4.76. The molecule has 3 heterocycles. The van der Waals surface area contributed by atoms with E-state index in [0.717, 1.165) is 62.3 Å². The van der Waals surface area contributed by atoms with Crippen LogP contribution in [0.15, 0.2) is 12.1 Å². The number of fused-ring (bicyclic) bond motifs is 2. The third kappa shape index (κ3) is 4.19. The number of amides is 2. The van der Waals surface area contributed by atoms with Gasteiger partial charge >= 0.3 is 57.4 Å². The topological polar surface area (TPSA) is 88.6 Å². The number of anilines is 1. The number of aliphatic carboxylic acids is 1. The van der Waals surface area contributed by atoms with Gasteiger partial charge in [0.15, 0.2) is 0 Å². The molecule has 4 rings (SSSR count). The summed E-state index contributed by atoms with van der Waals surface area (Å²) in [6.07, 6.45) is 4.84. The minimum Gasteiger partial charge on any atom is -0.548 e. The summed E-state index contributed by atoms with van der Waals surface area (Å²) in [5.74, 6) is -0.166. The van der Waals surface area contributed by atoms with Gasteiger partial charge < -0.3 is 25.0 Å². The molecular formula is C19H25KN4O3. The van der Waals surface area contributed by atoms with Gasteiger partial charge in [-0.05, 0) is 51.0 Å². The monoisotopic (exact) mass is 396 g/mol. The maximum Gasteiger partial charge on any atom is 1.00 e. The number of piperidine rings is 1.